The Morgan fingerprint density at radius 1 is 1.43 bits per heavy atom. The van der Waals surface area contributed by atoms with Crippen LogP contribution in [0.4, 0.5) is 0 Å². The molecule has 1 rings (SSSR count). The van der Waals surface area contributed by atoms with Gasteiger partial charge in [0.2, 0.25) is 5.91 Å². The molecule has 0 aromatic carbocycles. The second-order valence-corrected chi connectivity index (χ2v) is 2.93. The Balaban J connectivity index is 2.19. The van der Waals surface area contributed by atoms with Gasteiger partial charge in [0.1, 0.15) is 0 Å². The molecular weight excluding hydrogens is 180 g/mol. The van der Waals surface area contributed by atoms with Gasteiger partial charge in [-0.1, -0.05) is 0 Å². The van der Waals surface area contributed by atoms with Crippen molar-refractivity contribution in [1.82, 2.24) is 10.3 Å². The van der Waals surface area contributed by atoms with Gasteiger partial charge in [-0.3, -0.25) is 9.78 Å². The first-order valence-corrected chi connectivity index (χ1v) is 4.59. The Hall–Kier alpha value is -1.42. The van der Waals surface area contributed by atoms with Gasteiger partial charge in [0.05, 0.1) is 6.61 Å². The van der Waals surface area contributed by atoms with E-state index in [-0.39, 0.29) is 18.9 Å². The molecule has 0 bridgehead atoms. The molecule has 1 aromatic heterocycles. The zero-order chi connectivity index (χ0) is 10.2. The number of aliphatic hydroxyl groups is 1. The van der Waals surface area contributed by atoms with Crippen molar-refractivity contribution in [3.8, 4) is 0 Å². The molecule has 1 heterocycles. The van der Waals surface area contributed by atoms with E-state index in [9.17, 15) is 4.79 Å². The van der Waals surface area contributed by atoms with Crippen LogP contribution >= 0.6 is 0 Å². The third-order valence-corrected chi connectivity index (χ3v) is 1.82. The predicted molar refractivity (Wildman–Crippen MR) is 52.7 cm³/mol. The molecule has 0 saturated heterocycles. The molecule has 0 spiro atoms. The SMILES string of the molecule is O=C(CCO)NCCc1ccncc1. The van der Waals surface area contributed by atoms with Crippen LogP contribution < -0.4 is 5.32 Å². The van der Waals surface area contributed by atoms with E-state index in [1.807, 2.05) is 12.1 Å². The standard InChI is InChI=1S/C10H14N2O2/c13-8-4-10(14)12-7-3-9-1-5-11-6-2-9/h1-2,5-6,13H,3-4,7-8H2,(H,12,14). The second kappa shape index (κ2) is 6.10. The number of aromatic nitrogens is 1. The van der Waals surface area contributed by atoms with E-state index in [0.29, 0.717) is 6.54 Å². The lowest BCUT2D eigenvalue weighted by atomic mass is 10.2. The number of carbonyl (C=O) groups excluding carboxylic acids is 1. The quantitative estimate of drug-likeness (QED) is 0.700. The van der Waals surface area contributed by atoms with E-state index in [4.69, 9.17) is 5.11 Å². The number of hydrogen-bond acceptors (Lipinski definition) is 3. The van der Waals surface area contributed by atoms with Gasteiger partial charge in [-0.25, -0.2) is 0 Å². The van der Waals surface area contributed by atoms with Gasteiger partial charge in [-0.2, -0.15) is 0 Å². The van der Waals surface area contributed by atoms with Crippen LogP contribution in [0, 0.1) is 0 Å². The van der Waals surface area contributed by atoms with Crippen LogP contribution in [0.25, 0.3) is 0 Å². The lowest BCUT2D eigenvalue weighted by Gasteiger charge is -2.03. The van der Waals surface area contributed by atoms with Crippen molar-refractivity contribution in [3.63, 3.8) is 0 Å². The second-order valence-electron chi connectivity index (χ2n) is 2.93. The highest BCUT2D eigenvalue weighted by Gasteiger charge is 1.98. The summed E-state index contributed by atoms with van der Waals surface area (Å²) < 4.78 is 0. The lowest BCUT2D eigenvalue weighted by Crippen LogP contribution is -2.26. The maximum Gasteiger partial charge on any atom is 0.222 e. The molecular formula is C10H14N2O2. The maximum atomic E-state index is 10.9. The summed E-state index contributed by atoms with van der Waals surface area (Å²) in [7, 11) is 0. The zero-order valence-corrected chi connectivity index (χ0v) is 7.94. The molecule has 0 atom stereocenters. The van der Waals surface area contributed by atoms with Crippen molar-refractivity contribution in [1.29, 1.82) is 0 Å². The van der Waals surface area contributed by atoms with Gasteiger partial charge < -0.3 is 10.4 Å². The molecule has 14 heavy (non-hydrogen) atoms. The Kier molecular flexibility index (Phi) is 4.64. The van der Waals surface area contributed by atoms with Gasteiger partial charge in [-0.05, 0) is 24.1 Å². The number of carbonyl (C=O) groups is 1. The molecule has 4 heteroatoms. The molecule has 0 saturated carbocycles. The minimum absolute atomic E-state index is 0.0961. The van der Waals surface area contributed by atoms with Crippen LogP contribution in [0.5, 0.6) is 0 Å². The van der Waals surface area contributed by atoms with Crippen LogP contribution in [-0.2, 0) is 11.2 Å². The number of hydrogen-bond donors (Lipinski definition) is 2. The average molecular weight is 194 g/mol. The summed E-state index contributed by atoms with van der Waals surface area (Å²) in [5.41, 5.74) is 1.14. The van der Waals surface area contributed by atoms with Gasteiger partial charge in [0.25, 0.3) is 0 Å². The minimum atomic E-state index is -0.110. The Morgan fingerprint density at radius 3 is 2.79 bits per heavy atom. The maximum absolute atomic E-state index is 10.9. The Morgan fingerprint density at radius 2 is 2.14 bits per heavy atom. The normalized spacial score (nSPS) is 9.79. The molecule has 0 aliphatic rings. The number of pyridine rings is 1. The number of amides is 1. The number of nitrogens with zero attached hydrogens (tertiary/aromatic N) is 1. The molecule has 0 radical (unpaired) electrons. The molecule has 2 N–H and O–H groups in total. The molecule has 0 fully saturated rings. The van der Waals surface area contributed by atoms with Crippen LogP contribution in [0.3, 0.4) is 0 Å². The minimum Gasteiger partial charge on any atom is -0.396 e. The van der Waals surface area contributed by atoms with Gasteiger partial charge in [0, 0.05) is 25.4 Å². The first-order chi connectivity index (χ1) is 6.83. The van der Waals surface area contributed by atoms with E-state index in [1.54, 1.807) is 12.4 Å². The van der Waals surface area contributed by atoms with Crippen molar-refractivity contribution in [2.75, 3.05) is 13.2 Å². The Bertz CT molecular complexity index is 275. The first kappa shape index (κ1) is 10.7. The van der Waals surface area contributed by atoms with E-state index < -0.39 is 0 Å². The van der Waals surface area contributed by atoms with Crippen molar-refractivity contribution < 1.29 is 9.90 Å². The fraction of sp³-hybridized carbons (Fsp3) is 0.400. The van der Waals surface area contributed by atoms with Crippen molar-refractivity contribution in [2.45, 2.75) is 12.8 Å². The molecule has 76 valence electrons. The fourth-order valence-electron chi connectivity index (χ4n) is 1.09. The van der Waals surface area contributed by atoms with Crippen molar-refractivity contribution in [3.05, 3.63) is 30.1 Å². The molecule has 1 amide bonds. The van der Waals surface area contributed by atoms with Gasteiger partial charge in [-0.15, -0.1) is 0 Å². The first-order valence-electron chi connectivity index (χ1n) is 4.59. The van der Waals surface area contributed by atoms with Crippen LogP contribution in [0.1, 0.15) is 12.0 Å². The fourth-order valence-corrected chi connectivity index (χ4v) is 1.09. The molecule has 0 unspecified atom stereocenters. The van der Waals surface area contributed by atoms with Crippen LogP contribution in [-0.4, -0.2) is 29.1 Å². The molecule has 4 nitrogen and oxygen atoms in total. The van der Waals surface area contributed by atoms with Gasteiger partial charge in [0.15, 0.2) is 0 Å². The highest BCUT2D eigenvalue weighted by molar-refractivity contribution is 5.75. The number of nitrogens with one attached hydrogen (secondary N) is 1. The van der Waals surface area contributed by atoms with Crippen molar-refractivity contribution >= 4 is 5.91 Å². The smallest absolute Gasteiger partial charge is 0.222 e. The number of rotatable bonds is 5. The predicted octanol–water partition coefficient (Wildman–Crippen LogP) is 0.123. The summed E-state index contributed by atoms with van der Waals surface area (Å²) in [4.78, 5) is 14.8. The third kappa shape index (κ3) is 4.00. The van der Waals surface area contributed by atoms with E-state index >= 15 is 0 Å². The van der Waals surface area contributed by atoms with E-state index in [2.05, 4.69) is 10.3 Å². The largest absolute Gasteiger partial charge is 0.396 e. The van der Waals surface area contributed by atoms with E-state index in [0.717, 1.165) is 12.0 Å². The molecule has 1 aromatic rings. The number of aliphatic hydroxyl groups excluding tert-OH is 1. The summed E-state index contributed by atoms with van der Waals surface area (Å²) in [6.07, 6.45) is 4.42. The van der Waals surface area contributed by atoms with Crippen LogP contribution in [0.15, 0.2) is 24.5 Å². The van der Waals surface area contributed by atoms with Crippen LogP contribution in [0.2, 0.25) is 0 Å². The van der Waals surface area contributed by atoms with Crippen molar-refractivity contribution in [2.24, 2.45) is 0 Å². The topological polar surface area (TPSA) is 62.2 Å². The molecule has 0 aliphatic carbocycles. The zero-order valence-electron chi connectivity index (χ0n) is 7.94. The third-order valence-electron chi connectivity index (χ3n) is 1.82. The summed E-state index contributed by atoms with van der Waals surface area (Å²) in [5, 5.41) is 11.2. The summed E-state index contributed by atoms with van der Waals surface area (Å²) in [6, 6.07) is 3.83. The van der Waals surface area contributed by atoms with E-state index in [1.165, 1.54) is 0 Å². The monoisotopic (exact) mass is 194 g/mol. The summed E-state index contributed by atoms with van der Waals surface area (Å²) in [5.74, 6) is -0.110. The van der Waals surface area contributed by atoms with Gasteiger partial charge >= 0.3 is 0 Å². The highest BCUT2D eigenvalue weighted by atomic mass is 16.3. The Labute approximate surface area is 83.0 Å². The average Bonchev–Trinajstić information content (AvgIpc) is 2.20. The lowest BCUT2D eigenvalue weighted by molar-refractivity contribution is -0.121. The summed E-state index contributed by atoms with van der Waals surface area (Å²) >= 11 is 0. The highest BCUT2D eigenvalue weighted by Crippen LogP contribution is 1.95. The molecule has 0 aliphatic heterocycles. The summed E-state index contributed by atoms with van der Waals surface area (Å²) in [6.45, 7) is 0.504.